The van der Waals surface area contributed by atoms with Crippen molar-refractivity contribution in [3.8, 4) is 22.8 Å². The summed E-state index contributed by atoms with van der Waals surface area (Å²) in [6, 6.07) is 6.02. The number of fused-ring (bicyclic) bond motifs is 3. The molecule has 1 aliphatic rings. The van der Waals surface area contributed by atoms with Gasteiger partial charge in [0, 0.05) is 23.9 Å². The number of nitrogens with two attached hydrogens (primary N) is 1. The van der Waals surface area contributed by atoms with E-state index in [9.17, 15) is 9.18 Å². The Balaban J connectivity index is 1.86. The maximum Gasteiger partial charge on any atom is 0.267 e. The first kappa shape index (κ1) is 16.4. The quantitative estimate of drug-likeness (QED) is 0.783. The Labute approximate surface area is 149 Å². The molecule has 7 heteroatoms. The van der Waals surface area contributed by atoms with Gasteiger partial charge in [-0.05, 0) is 49.1 Å². The molecule has 4 rings (SSSR count). The van der Waals surface area contributed by atoms with Crippen LogP contribution in [0.25, 0.3) is 22.8 Å². The van der Waals surface area contributed by atoms with Crippen molar-refractivity contribution in [1.29, 1.82) is 0 Å². The normalized spacial score (nSPS) is 12.5. The third kappa shape index (κ3) is 2.65. The van der Waals surface area contributed by atoms with Gasteiger partial charge in [-0.25, -0.2) is 14.4 Å². The second-order valence-corrected chi connectivity index (χ2v) is 6.19. The lowest BCUT2D eigenvalue weighted by Crippen LogP contribution is -2.20. The number of carbonyl (C=O) groups excluding carboxylic acids is 1. The van der Waals surface area contributed by atoms with Crippen molar-refractivity contribution in [3.05, 3.63) is 60.0 Å². The van der Waals surface area contributed by atoms with E-state index in [4.69, 9.17) is 5.73 Å². The van der Waals surface area contributed by atoms with Crippen LogP contribution in [0.5, 0.6) is 0 Å². The SMILES string of the molecule is [CH2]CCn1nc2c(c1C(N)=O)CCc1cnc(-c3ccc(F)cc3)nc1-2. The number of amides is 1. The summed E-state index contributed by atoms with van der Waals surface area (Å²) < 4.78 is 14.8. The summed E-state index contributed by atoms with van der Waals surface area (Å²) in [7, 11) is 0. The van der Waals surface area contributed by atoms with E-state index >= 15 is 0 Å². The van der Waals surface area contributed by atoms with Crippen LogP contribution in [0.2, 0.25) is 0 Å². The molecule has 2 aromatic heterocycles. The smallest absolute Gasteiger partial charge is 0.267 e. The molecule has 0 fully saturated rings. The highest BCUT2D eigenvalue weighted by atomic mass is 19.1. The highest BCUT2D eigenvalue weighted by Gasteiger charge is 2.28. The van der Waals surface area contributed by atoms with E-state index in [1.165, 1.54) is 12.1 Å². The maximum atomic E-state index is 13.2. The molecule has 1 aliphatic carbocycles. The van der Waals surface area contributed by atoms with Gasteiger partial charge in [0.2, 0.25) is 0 Å². The number of halogens is 1. The molecule has 3 aromatic rings. The number of aryl methyl sites for hydroxylation is 2. The molecule has 26 heavy (non-hydrogen) atoms. The minimum Gasteiger partial charge on any atom is -0.364 e. The number of hydrogen-bond donors (Lipinski definition) is 1. The van der Waals surface area contributed by atoms with Crippen molar-refractivity contribution in [2.45, 2.75) is 25.8 Å². The first-order chi connectivity index (χ1) is 12.6. The number of benzene rings is 1. The van der Waals surface area contributed by atoms with E-state index in [0.29, 0.717) is 54.3 Å². The molecule has 1 radical (unpaired) electrons. The van der Waals surface area contributed by atoms with Gasteiger partial charge in [-0.3, -0.25) is 9.48 Å². The van der Waals surface area contributed by atoms with Crippen LogP contribution in [-0.2, 0) is 19.4 Å². The average molecular weight is 350 g/mol. The summed E-state index contributed by atoms with van der Waals surface area (Å²) in [5.74, 6) is -0.320. The average Bonchev–Trinajstić information content (AvgIpc) is 3.01. The van der Waals surface area contributed by atoms with E-state index in [1.54, 1.807) is 23.0 Å². The molecular formula is C19H17FN5O. The molecule has 2 N–H and O–H groups in total. The summed E-state index contributed by atoms with van der Waals surface area (Å²) in [6.45, 7) is 4.33. The molecule has 2 heterocycles. The van der Waals surface area contributed by atoms with Crippen LogP contribution in [-0.4, -0.2) is 25.7 Å². The fourth-order valence-corrected chi connectivity index (χ4v) is 3.31. The highest BCUT2D eigenvalue weighted by molar-refractivity contribution is 5.95. The van der Waals surface area contributed by atoms with Crippen LogP contribution in [0.1, 0.15) is 28.0 Å². The van der Waals surface area contributed by atoms with E-state index in [2.05, 4.69) is 22.0 Å². The molecule has 0 saturated heterocycles. The third-order valence-electron chi connectivity index (χ3n) is 4.49. The first-order valence-corrected chi connectivity index (χ1v) is 8.39. The van der Waals surface area contributed by atoms with Crippen molar-refractivity contribution in [1.82, 2.24) is 19.7 Å². The second-order valence-electron chi connectivity index (χ2n) is 6.19. The lowest BCUT2D eigenvalue weighted by atomic mass is 9.93. The standard InChI is InChI=1S/C19H17FN5O/c1-2-9-25-17(18(21)26)14-8-5-12-10-22-19(23-15(12)16(14)24-25)11-3-6-13(20)7-4-11/h3-4,6-7,10H,1-2,5,8-9H2,(H2,21,26). The number of primary amides is 1. The summed E-state index contributed by atoms with van der Waals surface area (Å²) in [6.07, 6.45) is 3.74. The third-order valence-corrected chi connectivity index (χ3v) is 4.49. The molecule has 1 amide bonds. The molecule has 0 unspecified atom stereocenters. The van der Waals surface area contributed by atoms with Crippen molar-refractivity contribution in [2.75, 3.05) is 0 Å². The van der Waals surface area contributed by atoms with Crippen LogP contribution in [0.4, 0.5) is 4.39 Å². The molecular weight excluding hydrogens is 333 g/mol. The van der Waals surface area contributed by atoms with Gasteiger partial charge in [0.25, 0.3) is 5.91 Å². The van der Waals surface area contributed by atoms with Gasteiger partial charge in [-0.1, -0.05) is 6.92 Å². The molecule has 6 nitrogen and oxygen atoms in total. The van der Waals surface area contributed by atoms with Crippen molar-refractivity contribution < 1.29 is 9.18 Å². The Morgan fingerprint density at radius 3 is 2.69 bits per heavy atom. The van der Waals surface area contributed by atoms with Crippen LogP contribution in [0, 0.1) is 12.7 Å². The molecule has 0 bridgehead atoms. The van der Waals surface area contributed by atoms with E-state index < -0.39 is 5.91 Å². The number of carbonyl (C=O) groups is 1. The fourth-order valence-electron chi connectivity index (χ4n) is 3.31. The number of hydrogen-bond acceptors (Lipinski definition) is 4. The minimum atomic E-state index is -0.497. The zero-order valence-electron chi connectivity index (χ0n) is 14.1. The summed E-state index contributed by atoms with van der Waals surface area (Å²) in [5.41, 5.74) is 9.88. The lowest BCUT2D eigenvalue weighted by molar-refractivity contribution is 0.0989. The monoisotopic (exact) mass is 350 g/mol. The van der Waals surface area contributed by atoms with Gasteiger partial charge in [0.1, 0.15) is 17.2 Å². The number of rotatable bonds is 4. The highest BCUT2D eigenvalue weighted by Crippen LogP contribution is 2.34. The minimum absolute atomic E-state index is 0.313. The molecule has 0 spiro atoms. The molecule has 131 valence electrons. The van der Waals surface area contributed by atoms with E-state index in [0.717, 1.165) is 11.1 Å². The Kier molecular flexibility index (Phi) is 3.99. The molecule has 0 atom stereocenters. The Morgan fingerprint density at radius 1 is 1.23 bits per heavy atom. The van der Waals surface area contributed by atoms with Gasteiger partial charge >= 0.3 is 0 Å². The summed E-state index contributed by atoms with van der Waals surface area (Å²) >= 11 is 0. The van der Waals surface area contributed by atoms with Crippen molar-refractivity contribution in [3.63, 3.8) is 0 Å². The molecule has 1 aromatic carbocycles. The Hall–Kier alpha value is -3.09. The zero-order chi connectivity index (χ0) is 18.3. The van der Waals surface area contributed by atoms with Crippen LogP contribution < -0.4 is 5.73 Å². The predicted molar refractivity (Wildman–Crippen MR) is 94.5 cm³/mol. The van der Waals surface area contributed by atoms with Gasteiger partial charge in [0.05, 0.1) is 5.69 Å². The largest absolute Gasteiger partial charge is 0.364 e. The zero-order valence-corrected chi connectivity index (χ0v) is 14.1. The Morgan fingerprint density at radius 2 is 2.00 bits per heavy atom. The van der Waals surface area contributed by atoms with Crippen LogP contribution in [0.15, 0.2) is 30.5 Å². The predicted octanol–water partition coefficient (Wildman–Crippen LogP) is 2.57. The number of aromatic nitrogens is 4. The summed E-state index contributed by atoms with van der Waals surface area (Å²) in [5, 5.41) is 4.58. The maximum absolute atomic E-state index is 13.2. The Bertz CT molecular complexity index is 994. The van der Waals surface area contributed by atoms with E-state index in [1.807, 2.05) is 0 Å². The van der Waals surface area contributed by atoms with Gasteiger partial charge < -0.3 is 5.73 Å². The lowest BCUT2D eigenvalue weighted by Gasteiger charge is -2.15. The summed E-state index contributed by atoms with van der Waals surface area (Å²) in [4.78, 5) is 21.0. The van der Waals surface area contributed by atoms with Gasteiger partial charge in [-0.15, -0.1) is 0 Å². The van der Waals surface area contributed by atoms with Crippen LogP contribution in [0.3, 0.4) is 0 Å². The van der Waals surface area contributed by atoms with Crippen LogP contribution >= 0.6 is 0 Å². The van der Waals surface area contributed by atoms with Gasteiger partial charge in [-0.2, -0.15) is 5.10 Å². The first-order valence-electron chi connectivity index (χ1n) is 8.39. The number of nitrogens with zero attached hydrogens (tertiary/aromatic N) is 4. The molecule has 0 saturated carbocycles. The molecule has 0 aliphatic heterocycles. The van der Waals surface area contributed by atoms with Crippen molar-refractivity contribution >= 4 is 5.91 Å². The topological polar surface area (TPSA) is 86.7 Å². The fraction of sp³-hybridized carbons (Fsp3) is 0.211. The second kappa shape index (κ2) is 6.33. The van der Waals surface area contributed by atoms with Gasteiger partial charge in [0.15, 0.2) is 5.82 Å². The van der Waals surface area contributed by atoms with Crippen molar-refractivity contribution in [2.24, 2.45) is 5.73 Å². The van der Waals surface area contributed by atoms with E-state index in [-0.39, 0.29) is 5.82 Å².